The Balaban J connectivity index is 1.76. The summed E-state index contributed by atoms with van der Waals surface area (Å²) >= 11 is 13.7. The van der Waals surface area contributed by atoms with Crippen LogP contribution in [0.3, 0.4) is 0 Å². The first-order valence-electron chi connectivity index (χ1n) is 10.1. The molecule has 4 rings (SSSR count). The van der Waals surface area contributed by atoms with Gasteiger partial charge >= 0.3 is 7.12 Å². The highest BCUT2D eigenvalue weighted by Crippen LogP contribution is 2.41. The number of carbonyl (C=O) groups excluding carboxylic acids is 1. The lowest BCUT2D eigenvalue weighted by Crippen LogP contribution is -2.41. The molecule has 0 unspecified atom stereocenters. The number of halogens is 2. The van der Waals surface area contributed by atoms with Gasteiger partial charge in [0.05, 0.1) is 16.2 Å². The highest BCUT2D eigenvalue weighted by atomic mass is 35.5. The van der Waals surface area contributed by atoms with Crippen LogP contribution in [0.5, 0.6) is 0 Å². The summed E-state index contributed by atoms with van der Waals surface area (Å²) < 4.78 is 12.4. The maximum Gasteiger partial charge on any atom is 0.496 e. The first-order valence-corrected chi connectivity index (χ1v) is 10.9. The molecule has 0 aliphatic carbocycles. The number of benzene rings is 3. The molecule has 0 spiro atoms. The number of hydrogen-bond acceptors (Lipinski definition) is 3. The van der Waals surface area contributed by atoms with Gasteiger partial charge in [0, 0.05) is 32.7 Å². The zero-order valence-electron chi connectivity index (χ0n) is 17.9. The molecule has 0 bridgehead atoms. The third kappa shape index (κ3) is 3.94. The Labute approximate surface area is 193 Å². The van der Waals surface area contributed by atoms with E-state index in [0.29, 0.717) is 15.6 Å². The van der Waals surface area contributed by atoms with Crippen molar-refractivity contribution < 1.29 is 14.1 Å². The van der Waals surface area contributed by atoms with E-state index in [9.17, 15) is 4.79 Å². The Morgan fingerprint density at radius 3 is 1.84 bits per heavy atom. The van der Waals surface area contributed by atoms with Crippen LogP contribution in [0.15, 0.2) is 60.7 Å². The third-order valence-electron chi connectivity index (χ3n) is 6.18. The van der Waals surface area contributed by atoms with E-state index < -0.39 is 18.3 Å². The molecular weight excluding hydrogens is 430 g/mol. The van der Waals surface area contributed by atoms with Gasteiger partial charge in [0.2, 0.25) is 0 Å². The normalized spacial score (nSPS) is 17.0. The summed E-state index contributed by atoms with van der Waals surface area (Å²) in [5.41, 5.74) is 3.91. The van der Waals surface area contributed by atoms with Crippen molar-refractivity contribution in [1.82, 2.24) is 0 Å². The van der Waals surface area contributed by atoms with Gasteiger partial charge in [0.25, 0.3) is 0 Å². The fourth-order valence-electron chi connectivity index (χ4n) is 3.61. The number of aldehydes is 1. The first-order chi connectivity index (χ1) is 14.6. The molecular formula is C25H23BCl2O3. The SMILES string of the molecule is CC1(C)OB(c2cccc(-c3cccc(-c4ccc(C=O)cc4)c3Cl)c2Cl)OC1(C)C. The van der Waals surface area contributed by atoms with Crippen molar-refractivity contribution in [2.45, 2.75) is 38.9 Å². The summed E-state index contributed by atoms with van der Waals surface area (Å²) in [6.07, 6.45) is 0.822. The fraction of sp³-hybridized carbons (Fsp3) is 0.240. The average Bonchev–Trinajstić information content (AvgIpc) is 2.95. The predicted molar refractivity (Wildman–Crippen MR) is 128 cm³/mol. The zero-order chi connectivity index (χ0) is 22.4. The van der Waals surface area contributed by atoms with E-state index in [1.807, 2.05) is 76.2 Å². The predicted octanol–water partition coefficient (Wildman–Crippen LogP) is 6.44. The van der Waals surface area contributed by atoms with Gasteiger partial charge in [0.15, 0.2) is 0 Å². The van der Waals surface area contributed by atoms with Crippen molar-refractivity contribution >= 4 is 42.1 Å². The lowest BCUT2D eigenvalue weighted by atomic mass is 9.77. The van der Waals surface area contributed by atoms with Crippen LogP contribution in [-0.4, -0.2) is 24.6 Å². The van der Waals surface area contributed by atoms with Gasteiger partial charge in [-0.05, 0) is 33.3 Å². The first kappa shape index (κ1) is 22.1. The van der Waals surface area contributed by atoms with Gasteiger partial charge in [-0.2, -0.15) is 0 Å². The number of rotatable bonds is 4. The van der Waals surface area contributed by atoms with E-state index in [0.717, 1.165) is 34.0 Å². The summed E-state index contributed by atoms with van der Waals surface area (Å²) in [6, 6.07) is 19.0. The summed E-state index contributed by atoms with van der Waals surface area (Å²) in [4.78, 5) is 11.0. The van der Waals surface area contributed by atoms with Crippen LogP contribution in [-0.2, 0) is 9.31 Å². The fourth-order valence-corrected chi connectivity index (χ4v) is 4.27. The molecule has 31 heavy (non-hydrogen) atoms. The largest absolute Gasteiger partial charge is 0.496 e. The Morgan fingerprint density at radius 2 is 1.26 bits per heavy atom. The van der Waals surface area contributed by atoms with Crippen molar-refractivity contribution in [3.63, 3.8) is 0 Å². The topological polar surface area (TPSA) is 35.5 Å². The minimum atomic E-state index is -0.560. The van der Waals surface area contributed by atoms with Crippen LogP contribution in [0.2, 0.25) is 10.0 Å². The van der Waals surface area contributed by atoms with Crippen LogP contribution in [0.1, 0.15) is 38.1 Å². The third-order valence-corrected chi connectivity index (χ3v) is 7.01. The second kappa shape index (κ2) is 8.11. The average molecular weight is 453 g/mol. The van der Waals surface area contributed by atoms with Crippen LogP contribution in [0.4, 0.5) is 0 Å². The molecule has 1 fully saturated rings. The van der Waals surface area contributed by atoms with E-state index in [-0.39, 0.29) is 0 Å². The standard InChI is InChI=1S/C25H23BCl2O3/c1-24(2)25(3,4)31-26(30-24)21-10-6-9-20(23(21)28)19-8-5-7-18(22(19)27)17-13-11-16(15-29)12-14-17/h5-15H,1-4H3. The molecule has 158 valence electrons. The molecule has 0 saturated carbocycles. The molecule has 3 nitrogen and oxygen atoms in total. The molecule has 3 aromatic carbocycles. The molecule has 1 aliphatic heterocycles. The Morgan fingerprint density at radius 1 is 0.742 bits per heavy atom. The lowest BCUT2D eigenvalue weighted by molar-refractivity contribution is 0.00578. The molecule has 0 aromatic heterocycles. The van der Waals surface area contributed by atoms with E-state index in [1.165, 1.54) is 0 Å². The van der Waals surface area contributed by atoms with Crippen LogP contribution >= 0.6 is 23.2 Å². The molecule has 0 amide bonds. The smallest absolute Gasteiger partial charge is 0.399 e. The molecule has 0 N–H and O–H groups in total. The molecule has 0 radical (unpaired) electrons. The van der Waals surface area contributed by atoms with Crippen LogP contribution in [0.25, 0.3) is 22.3 Å². The van der Waals surface area contributed by atoms with Gasteiger partial charge in [-0.3, -0.25) is 4.79 Å². The second-order valence-corrected chi connectivity index (χ2v) is 9.46. The molecule has 0 atom stereocenters. The van der Waals surface area contributed by atoms with Crippen molar-refractivity contribution in [3.8, 4) is 22.3 Å². The highest BCUT2D eigenvalue weighted by molar-refractivity contribution is 6.66. The summed E-state index contributed by atoms with van der Waals surface area (Å²) in [7, 11) is -0.560. The van der Waals surface area contributed by atoms with Crippen molar-refractivity contribution in [3.05, 3.63) is 76.3 Å². The van der Waals surface area contributed by atoms with Crippen molar-refractivity contribution in [2.75, 3.05) is 0 Å². The van der Waals surface area contributed by atoms with E-state index >= 15 is 0 Å². The zero-order valence-corrected chi connectivity index (χ0v) is 19.4. The van der Waals surface area contributed by atoms with Gasteiger partial charge < -0.3 is 9.31 Å². The Bertz CT molecular complexity index is 1120. The van der Waals surface area contributed by atoms with Gasteiger partial charge in [-0.1, -0.05) is 83.9 Å². The summed E-state index contributed by atoms with van der Waals surface area (Å²) in [5.74, 6) is 0. The van der Waals surface area contributed by atoms with E-state index in [2.05, 4.69) is 0 Å². The Kier molecular flexibility index (Phi) is 5.78. The van der Waals surface area contributed by atoms with Gasteiger partial charge in [-0.25, -0.2) is 0 Å². The molecule has 6 heteroatoms. The minimum Gasteiger partial charge on any atom is -0.399 e. The minimum absolute atomic E-state index is 0.456. The molecule has 1 aliphatic rings. The number of hydrogen-bond donors (Lipinski definition) is 0. The van der Waals surface area contributed by atoms with Crippen LogP contribution < -0.4 is 5.46 Å². The molecule has 1 heterocycles. The number of carbonyl (C=O) groups is 1. The van der Waals surface area contributed by atoms with Crippen molar-refractivity contribution in [2.24, 2.45) is 0 Å². The molecule has 1 saturated heterocycles. The second-order valence-electron chi connectivity index (χ2n) is 8.70. The van der Waals surface area contributed by atoms with Gasteiger partial charge in [0.1, 0.15) is 6.29 Å². The maximum atomic E-state index is 11.0. The molecule has 3 aromatic rings. The maximum absolute atomic E-state index is 11.0. The van der Waals surface area contributed by atoms with Crippen LogP contribution in [0, 0.1) is 0 Å². The summed E-state index contributed by atoms with van der Waals surface area (Å²) in [6.45, 7) is 8.06. The quantitative estimate of drug-likeness (QED) is 0.337. The Hall–Kier alpha value is -2.11. The summed E-state index contributed by atoms with van der Waals surface area (Å²) in [5, 5.41) is 1.14. The highest BCUT2D eigenvalue weighted by Gasteiger charge is 2.52. The van der Waals surface area contributed by atoms with E-state index in [1.54, 1.807) is 12.1 Å². The van der Waals surface area contributed by atoms with E-state index in [4.69, 9.17) is 32.5 Å². The van der Waals surface area contributed by atoms with Gasteiger partial charge in [-0.15, -0.1) is 0 Å². The monoisotopic (exact) mass is 452 g/mol. The van der Waals surface area contributed by atoms with Crippen molar-refractivity contribution in [1.29, 1.82) is 0 Å². The lowest BCUT2D eigenvalue weighted by Gasteiger charge is -2.32.